The third-order valence-electron chi connectivity index (χ3n) is 16.0. The maximum Gasteiger partial charge on any atom is 1.00 e. The summed E-state index contributed by atoms with van der Waals surface area (Å²) in [7, 11) is -4.91. The first-order chi connectivity index (χ1) is 37.0. The average Bonchev–Trinajstić information content (AvgIpc) is 3.44. The second-order valence-corrected chi connectivity index (χ2v) is 40.0. The quantitative estimate of drug-likeness (QED) is 0.0394. The van der Waals surface area contributed by atoms with Crippen LogP contribution in [0.25, 0.3) is 0 Å². The molecule has 0 aliphatic heterocycles. The summed E-state index contributed by atoms with van der Waals surface area (Å²) in [5.74, 6) is 3.80. The molecule has 0 amide bonds. The standard InChI is InChI=1S/C30H39FSi.C26H29.C7H17FOSi.C5H13FSi.CH3FO.Li/c1-5-25(2)23-27(26-15-9-6-10-16-26)24-30(32(3,4)22-21-31,28-17-11-7-12-18-28)29-19-13-8-14-20-29;1-3-21(2)19-25(22-13-7-4-8-14-22)20-26(23-15-9-5-10-16-23)24-17-11-6-12-18-24;1-7(2,3)10(4,5)9-6-8;1-7(2,3)5-4-6;2-1-3;/h6-20,25,27H,5,21-24H2,1-4H3;4-18,21,25H,3,19-20H2,1-2H3;6H2,1-5H3;4-5H2,1-3H3;3H,1H2;/q;-1;;;;+1. The van der Waals surface area contributed by atoms with Crippen molar-refractivity contribution < 1.29 is 46.0 Å². The third kappa shape index (κ3) is 25.4. The van der Waals surface area contributed by atoms with E-state index in [1.54, 1.807) is 0 Å². The Labute approximate surface area is 494 Å². The van der Waals surface area contributed by atoms with Gasteiger partial charge in [0, 0.05) is 13.1 Å². The zero-order chi connectivity index (χ0) is 58.3. The number of hydrogen-bond acceptors (Lipinski definition) is 2. The second-order valence-electron chi connectivity index (χ2n) is 24.4. The Morgan fingerprint density at radius 1 is 0.506 bits per heavy atom. The maximum atomic E-state index is 14.0. The van der Waals surface area contributed by atoms with Gasteiger partial charge in [-0.2, -0.15) is 0 Å². The molecular weight excluding hydrogens is 1030 g/mol. The van der Waals surface area contributed by atoms with E-state index in [0.717, 1.165) is 31.2 Å². The summed E-state index contributed by atoms with van der Waals surface area (Å²) in [4.78, 5) is 0. The Balaban J connectivity index is 0.000000589. The summed E-state index contributed by atoms with van der Waals surface area (Å²) in [6, 6.07) is 67.2. The SMILES string of the molecule is CC(C)(C)[Si](C)(C)OCF.CCC(C)CC(CC(c1ccccc1)(c1ccccc1)[Si](C)(C)CCF)c1ccccc1.CCC(C)CC(C[C-](c1ccccc1)c1ccccc1)c1ccccc1.C[Si](C)(C)CCF.OCF.[Li+]. The first-order valence-corrected chi connectivity index (χ1v) is 38.5. The topological polar surface area (TPSA) is 29.5 Å². The van der Waals surface area contributed by atoms with Gasteiger partial charge in [-0.15, -0.1) is 41.3 Å². The largest absolute Gasteiger partial charge is 1.00 e. The number of halogens is 4. The van der Waals surface area contributed by atoms with Gasteiger partial charge in [-0.3, -0.25) is 8.78 Å². The summed E-state index contributed by atoms with van der Waals surface area (Å²) in [6.07, 6.45) is 6.89. The molecule has 0 bridgehead atoms. The molecule has 2 nitrogen and oxygen atoms in total. The van der Waals surface area contributed by atoms with Crippen molar-refractivity contribution in [3.05, 3.63) is 221 Å². The molecule has 79 heavy (non-hydrogen) atoms. The molecule has 0 aliphatic rings. The van der Waals surface area contributed by atoms with Gasteiger partial charge in [0.15, 0.2) is 22.0 Å². The predicted octanol–water partition coefficient (Wildman–Crippen LogP) is 18.2. The van der Waals surface area contributed by atoms with Crippen LogP contribution in [0.15, 0.2) is 182 Å². The Kier molecular flexibility index (Phi) is 35.1. The van der Waals surface area contributed by atoms with Crippen molar-refractivity contribution in [1.29, 1.82) is 0 Å². The van der Waals surface area contributed by atoms with Crippen molar-refractivity contribution in [3.8, 4) is 0 Å². The van der Waals surface area contributed by atoms with Crippen molar-refractivity contribution >= 4 is 24.5 Å². The van der Waals surface area contributed by atoms with Crippen LogP contribution in [0.2, 0.25) is 63.0 Å². The molecule has 6 rings (SSSR count). The van der Waals surface area contributed by atoms with E-state index in [2.05, 4.69) is 263 Å². The minimum Gasteiger partial charge on any atom is -0.391 e. The number of aliphatic hydroxyl groups is 1. The van der Waals surface area contributed by atoms with E-state index < -0.39 is 38.2 Å². The van der Waals surface area contributed by atoms with Crippen LogP contribution in [0.5, 0.6) is 0 Å². The minimum atomic E-state index is -2.10. The Bertz CT molecular complexity index is 2310. The fourth-order valence-electron chi connectivity index (χ4n) is 9.72. The van der Waals surface area contributed by atoms with E-state index in [4.69, 9.17) is 9.53 Å². The molecule has 0 aromatic heterocycles. The van der Waals surface area contributed by atoms with Gasteiger partial charge in [-0.05, 0) is 102 Å². The van der Waals surface area contributed by atoms with Gasteiger partial charge in [0.1, 0.15) is 0 Å². The van der Waals surface area contributed by atoms with Crippen molar-refractivity contribution in [3.63, 3.8) is 0 Å². The van der Waals surface area contributed by atoms with Gasteiger partial charge in [0.2, 0.25) is 0 Å². The predicted molar refractivity (Wildman–Crippen MR) is 339 cm³/mol. The molecule has 0 saturated heterocycles. The van der Waals surface area contributed by atoms with Crippen LogP contribution in [0.1, 0.15) is 132 Å². The number of hydrogen-bond donors (Lipinski definition) is 1. The van der Waals surface area contributed by atoms with E-state index in [1.807, 2.05) is 13.1 Å². The number of aliphatic hydroxyl groups excluding tert-OH is 1. The molecular formula is C69H101F4LiO2Si3. The van der Waals surface area contributed by atoms with Gasteiger partial charge >= 0.3 is 18.9 Å². The van der Waals surface area contributed by atoms with Gasteiger partial charge < -0.3 is 9.53 Å². The van der Waals surface area contributed by atoms with Gasteiger partial charge in [0.05, 0.1) is 21.4 Å². The summed E-state index contributed by atoms with van der Waals surface area (Å²) in [5.41, 5.74) is 8.24. The van der Waals surface area contributed by atoms with E-state index in [-0.39, 0.29) is 42.3 Å². The minimum absolute atomic E-state index is 0. The summed E-state index contributed by atoms with van der Waals surface area (Å²) < 4.78 is 52.3. The molecule has 4 unspecified atom stereocenters. The van der Waals surface area contributed by atoms with E-state index >= 15 is 0 Å². The molecule has 0 aliphatic carbocycles. The monoisotopic (exact) mass is 1130 g/mol. The van der Waals surface area contributed by atoms with Gasteiger partial charge in [0.25, 0.3) is 0 Å². The normalized spacial score (nSPS) is 13.1. The Morgan fingerprint density at radius 3 is 1.13 bits per heavy atom. The molecule has 0 spiro atoms. The maximum absolute atomic E-state index is 14.0. The molecule has 4 atom stereocenters. The summed E-state index contributed by atoms with van der Waals surface area (Å²) in [6.45, 7) is 28.7. The first kappa shape index (κ1) is 73.1. The molecule has 430 valence electrons. The van der Waals surface area contributed by atoms with Crippen LogP contribution in [-0.2, 0) is 9.46 Å². The second kappa shape index (κ2) is 38.0. The Morgan fingerprint density at radius 2 is 0.835 bits per heavy atom. The number of rotatable bonds is 23. The van der Waals surface area contributed by atoms with Crippen LogP contribution in [0, 0.1) is 17.8 Å². The first-order valence-electron chi connectivity index (χ1n) is 28.7. The fourth-order valence-corrected chi connectivity index (χ4v) is 14.6. The van der Waals surface area contributed by atoms with Crippen molar-refractivity contribution in [1.82, 2.24) is 0 Å². The molecule has 10 heteroatoms. The Hall–Kier alpha value is -3.92. The molecule has 0 fully saturated rings. The summed E-state index contributed by atoms with van der Waals surface area (Å²) >= 11 is 0. The molecule has 0 saturated carbocycles. The zero-order valence-electron chi connectivity index (χ0n) is 51.5. The van der Waals surface area contributed by atoms with Crippen LogP contribution >= 0.6 is 0 Å². The van der Waals surface area contributed by atoms with Crippen LogP contribution < -0.4 is 18.9 Å². The van der Waals surface area contributed by atoms with Crippen molar-refractivity contribution in [2.45, 2.75) is 167 Å². The van der Waals surface area contributed by atoms with E-state index in [0.29, 0.717) is 23.8 Å². The van der Waals surface area contributed by atoms with E-state index in [1.165, 1.54) is 58.6 Å². The molecule has 6 aromatic rings. The molecule has 1 N–H and O–H groups in total. The molecule has 0 radical (unpaired) electrons. The fraction of sp³-hybridized carbons (Fsp3) is 0.464. The van der Waals surface area contributed by atoms with Crippen LogP contribution in [0.3, 0.4) is 0 Å². The number of benzene rings is 6. The van der Waals surface area contributed by atoms with Gasteiger partial charge in [-0.1, -0.05) is 252 Å². The van der Waals surface area contributed by atoms with E-state index in [9.17, 15) is 17.6 Å². The van der Waals surface area contributed by atoms with Crippen molar-refractivity contribution in [2.75, 3.05) is 27.1 Å². The summed E-state index contributed by atoms with van der Waals surface area (Å²) in [5, 5.41) is 6.87. The van der Waals surface area contributed by atoms with Crippen molar-refractivity contribution in [2.24, 2.45) is 11.8 Å². The van der Waals surface area contributed by atoms with Crippen LogP contribution in [0.4, 0.5) is 17.6 Å². The number of alkyl halides is 4. The third-order valence-corrected chi connectivity index (χ3v) is 26.7. The smallest absolute Gasteiger partial charge is 0.391 e. The zero-order valence-corrected chi connectivity index (χ0v) is 54.5. The molecule has 6 aromatic carbocycles. The van der Waals surface area contributed by atoms with Crippen LogP contribution in [-0.4, -0.2) is 56.6 Å². The van der Waals surface area contributed by atoms with Gasteiger partial charge in [-0.25, -0.2) is 8.78 Å². The molecule has 0 heterocycles. The average molecular weight is 1130 g/mol.